The normalized spacial score (nSPS) is 37.2. The maximum atomic E-state index is 13.4. The number of hydrogen-bond acceptors (Lipinski definition) is 24. The van der Waals surface area contributed by atoms with E-state index >= 15 is 0 Å². The summed E-state index contributed by atoms with van der Waals surface area (Å²) >= 11 is 0. The van der Waals surface area contributed by atoms with E-state index < -0.39 is 165 Å². The van der Waals surface area contributed by atoms with Crippen LogP contribution >= 0.6 is 0 Å². The van der Waals surface area contributed by atoms with E-state index in [9.17, 15) is 4.79 Å². The summed E-state index contributed by atoms with van der Waals surface area (Å²) in [6.07, 6.45) is -21.2. The highest BCUT2D eigenvalue weighted by Gasteiger charge is 2.63. The van der Waals surface area contributed by atoms with Crippen LogP contribution in [0.1, 0.15) is 116 Å². The molecule has 0 radical (unpaired) electrons. The van der Waals surface area contributed by atoms with Crippen molar-refractivity contribution in [2.75, 3.05) is 26.4 Å². The third-order valence-electron chi connectivity index (χ3n) is 22.2. The second kappa shape index (κ2) is 36.9. The van der Waals surface area contributed by atoms with E-state index in [1.165, 1.54) is 13.8 Å². The Bertz CT molecular complexity index is 3860. The number of fused-ring (bicyclic) bond motifs is 2. The summed E-state index contributed by atoms with van der Waals surface area (Å²) in [4.78, 5) is 13.4. The van der Waals surface area contributed by atoms with E-state index in [1.807, 2.05) is 237 Å². The second-order valence-corrected chi connectivity index (χ2v) is 31.2. The van der Waals surface area contributed by atoms with Gasteiger partial charge in [-0.05, 0) is 62.4 Å². The van der Waals surface area contributed by atoms with E-state index in [4.69, 9.17) is 110 Å². The smallest absolute Gasteiger partial charge is 0.303 e. The third kappa shape index (κ3) is 19.5. The molecule has 0 spiro atoms. The fourth-order valence-corrected chi connectivity index (χ4v) is 16.2. The van der Waals surface area contributed by atoms with Crippen LogP contribution in [0.2, 0.25) is 0 Å². The summed E-state index contributed by atoms with van der Waals surface area (Å²) in [7, 11) is 0. The molecule has 28 atom stereocenters. The Hall–Kier alpha value is -6.54. The van der Waals surface area contributed by atoms with Crippen molar-refractivity contribution in [3.63, 3.8) is 0 Å². The van der Waals surface area contributed by atoms with Gasteiger partial charge in [-0.25, -0.2) is 0 Å². The first-order valence-corrected chi connectivity index (χ1v) is 39.2. The summed E-state index contributed by atoms with van der Waals surface area (Å²) in [6, 6.07) is 59.6. The number of esters is 1. The number of nitrogens with one attached hydrogen (secondary N) is 1. The van der Waals surface area contributed by atoms with Crippen LogP contribution in [0, 0.1) is 29.1 Å². The van der Waals surface area contributed by atoms with E-state index in [1.54, 1.807) is 6.92 Å². The molecule has 10 unspecified atom stereocenters. The summed E-state index contributed by atoms with van der Waals surface area (Å²) < 4.78 is 153. The molecule has 8 aliphatic heterocycles. The van der Waals surface area contributed by atoms with Crippen molar-refractivity contribution in [2.45, 2.75) is 262 Å². The molecule has 0 bridgehead atoms. The van der Waals surface area contributed by atoms with E-state index in [0.29, 0.717) is 6.61 Å². The zero-order chi connectivity index (χ0) is 77.3. The molecule has 24 heteroatoms. The largest absolute Gasteiger partial charge is 0.457 e. The molecule has 8 heterocycles. The van der Waals surface area contributed by atoms with Crippen LogP contribution in [0.15, 0.2) is 182 Å². The Morgan fingerprint density at radius 2 is 0.892 bits per heavy atom. The molecular formula is C87H109NO23. The minimum Gasteiger partial charge on any atom is -0.457 e. The fraction of sp³-hybridized carbons (Fsp3) is 0.563. The lowest BCUT2D eigenvalue weighted by molar-refractivity contribution is -0.395. The third-order valence-corrected chi connectivity index (χ3v) is 22.2. The van der Waals surface area contributed by atoms with Crippen LogP contribution in [0.25, 0.3) is 0 Å². The Morgan fingerprint density at radius 1 is 0.414 bits per heavy atom. The molecule has 24 nitrogen and oxygen atoms in total. The minimum absolute atomic E-state index is 0.0857. The van der Waals surface area contributed by atoms with E-state index in [2.05, 4.69) is 0 Å². The monoisotopic (exact) mass is 1540 g/mol. The molecule has 6 aromatic carbocycles. The topological polar surface area (TPSA) is 244 Å². The first-order chi connectivity index (χ1) is 53.7. The molecule has 1 N–H and O–H groups in total. The number of ether oxygens (including phenoxy) is 22. The summed E-state index contributed by atoms with van der Waals surface area (Å²) in [5, 5.41) is 8.78. The number of carbonyl (C=O) groups excluding carboxylic acids is 1. The molecule has 111 heavy (non-hydrogen) atoms. The van der Waals surface area contributed by atoms with Gasteiger partial charge in [-0.2, -0.15) is 0 Å². The molecule has 8 saturated heterocycles. The van der Waals surface area contributed by atoms with Gasteiger partial charge in [-0.1, -0.05) is 210 Å². The molecule has 8 fully saturated rings. The Labute approximate surface area is 651 Å². The van der Waals surface area contributed by atoms with Crippen LogP contribution in [0.4, 0.5) is 0 Å². The number of carbonyl (C=O) groups is 1. The first-order valence-electron chi connectivity index (χ1n) is 39.2. The van der Waals surface area contributed by atoms with Crippen LogP contribution in [0.5, 0.6) is 0 Å². The minimum atomic E-state index is -1.34. The maximum Gasteiger partial charge on any atom is 0.303 e. The van der Waals surface area contributed by atoms with Crippen LogP contribution in [0.3, 0.4) is 0 Å². The van der Waals surface area contributed by atoms with Gasteiger partial charge < -0.3 is 104 Å². The lowest BCUT2D eigenvalue weighted by Gasteiger charge is -2.52. The van der Waals surface area contributed by atoms with Crippen molar-refractivity contribution in [1.82, 2.24) is 0 Å². The molecule has 8 aliphatic rings. The Morgan fingerprint density at radius 3 is 1.49 bits per heavy atom. The zero-order valence-corrected chi connectivity index (χ0v) is 65.2. The van der Waals surface area contributed by atoms with Gasteiger partial charge in [-0.15, -0.1) is 0 Å². The maximum absolute atomic E-state index is 13.4. The van der Waals surface area contributed by atoms with Gasteiger partial charge in [-0.3, -0.25) is 10.2 Å². The average molecular weight is 1540 g/mol. The van der Waals surface area contributed by atoms with E-state index in [-0.39, 0.29) is 76.7 Å². The van der Waals surface area contributed by atoms with Crippen molar-refractivity contribution >= 4 is 11.9 Å². The second-order valence-electron chi connectivity index (χ2n) is 31.2. The van der Waals surface area contributed by atoms with Crippen LogP contribution < -0.4 is 0 Å². The highest BCUT2D eigenvalue weighted by atomic mass is 16.8. The van der Waals surface area contributed by atoms with Crippen LogP contribution in [-0.2, 0) is 142 Å². The number of rotatable bonds is 30. The molecule has 0 amide bonds. The molecule has 14 rings (SSSR count). The standard InChI is InChI=1S/C87H109NO23/c1-51-42-95-82(75(94-47-64-38-26-16-27-39-64)67(51)103-85-78-87(50-96-85,49-91-44-61-32-20-13-21-33-61)111-81(108-78)65-40-28-17-29-41-65)105-71-56(6)98-79(107-76-74(72(101-59(9)89)57(7)99-83(76)100-58(8)88)106-84-77-70(52(2)55(5)97-84)109-86(10,11)110-77)54(4)69(71)104-80-53(3)68(92-45-62-34-22-14-23-35-62)73(93-46-63-36-24-15-25-37-63)66(102-80)48-90-43-60-30-18-12-19-31-60/h12-41,51-57,66-85,88H,42-50H2,1-11H3/t51-,52+,53-,54+,55?,56?,57?,66?,67?,68+,69?,70?,71+,72+,73?,74?,75-,76-,77+,78?,79+,80+,81+,82+,83-,84+,85+,87+/m1/s1. The predicted octanol–water partition coefficient (Wildman–Crippen LogP) is 12.6. The van der Waals surface area contributed by atoms with Crippen molar-refractivity contribution in [3.8, 4) is 0 Å². The zero-order valence-electron chi connectivity index (χ0n) is 65.2. The van der Waals surface area contributed by atoms with Crippen molar-refractivity contribution in [3.05, 3.63) is 215 Å². The highest BCUT2D eigenvalue weighted by molar-refractivity contribution is 5.69. The van der Waals surface area contributed by atoms with E-state index in [0.717, 1.165) is 33.4 Å². The van der Waals surface area contributed by atoms with Crippen molar-refractivity contribution in [2.24, 2.45) is 23.7 Å². The quantitative estimate of drug-likeness (QED) is 0.0250. The predicted molar refractivity (Wildman–Crippen MR) is 401 cm³/mol. The van der Waals surface area contributed by atoms with Crippen molar-refractivity contribution in [1.29, 1.82) is 5.41 Å². The molecular weight excluding hydrogens is 1430 g/mol. The van der Waals surface area contributed by atoms with Gasteiger partial charge in [0.25, 0.3) is 0 Å². The van der Waals surface area contributed by atoms with Gasteiger partial charge >= 0.3 is 5.97 Å². The lowest BCUT2D eigenvalue weighted by Crippen LogP contribution is -2.66. The molecule has 0 aliphatic carbocycles. The Balaban J connectivity index is 0.821. The van der Waals surface area contributed by atoms with Gasteiger partial charge in [0.05, 0.1) is 102 Å². The van der Waals surface area contributed by atoms with Gasteiger partial charge in [0.15, 0.2) is 61.6 Å². The Kier molecular flexibility index (Phi) is 27.0. The first kappa shape index (κ1) is 81.0. The van der Waals surface area contributed by atoms with Crippen molar-refractivity contribution < 1.29 is 109 Å². The highest BCUT2D eigenvalue weighted by Crippen LogP contribution is 2.49. The molecule has 0 aromatic heterocycles. The number of hydrogen-bond donors (Lipinski definition) is 1. The fourth-order valence-electron chi connectivity index (χ4n) is 16.2. The molecule has 6 aromatic rings. The summed E-state index contributed by atoms with van der Waals surface area (Å²) in [5.41, 5.74) is 4.58. The van der Waals surface area contributed by atoms with Crippen LogP contribution in [-0.4, -0.2) is 185 Å². The van der Waals surface area contributed by atoms with Gasteiger partial charge in [0.2, 0.25) is 6.29 Å². The average Bonchev–Trinajstić information content (AvgIpc) is 1.63. The molecule has 0 saturated carbocycles. The van der Waals surface area contributed by atoms with Gasteiger partial charge in [0, 0.05) is 43.1 Å². The van der Waals surface area contributed by atoms with Gasteiger partial charge in [0.1, 0.15) is 48.3 Å². The number of benzene rings is 6. The summed E-state index contributed by atoms with van der Waals surface area (Å²) in [5.74, 6) is -3.55. The lowest BCUT2D eigenvalue weighted by atomic mass is 9.89. The molecule has 600 valence electrons. The summed E-state index contributed by atoms with van der Waals surface area (Å²) in [6.45, 7) is 21.9. The SMILES string of the molecule is CC(=N)O[C@H]1OC(C)[C@H](OC(C)=O)C(O[C@@H]2OC(C)[C@H](C)C3OC(C)(C)O[C@@H]32)[C@H]1O[C@@H]1OC(C)[C@H](O[C@@H]2OC[C@@H](C)C(O[C@@H]3OC[C@]4(COCc5ccccc5)O[C@@H](c5ccccc5)OC34)[C@H]2OCc2ccccc2)C(O[C@@H]2OC(COCc3ccccc3)C(OCc3ccccc3)[C@@H](OCc3ccccc3)[C@H]2C)[C@@H]1C.